The predicted octanol–water partition coefficient (Wildman–Crippen LogP) is 2.42. The number of amides is 1. The first kappa shape index (κ1) is 11.7. The highest BCUT2D eigenvalue weighted by Crippen LogP contribution is 2.26. The highest BCUT2D eigenvalue weighted by atomic mass is 35.5. The molecule has 5 heteroatoms. The molecule has 0 aromatic heterocycles. The van der Waals surface area contributed by atoms with Crippen LogP contribution in [0.25, 0.3) is 0 Å². The second-order valence-electron chi connectivity index (χ2n) is 3.07. The van der Waals surface area contributed by atoms with Gasteiger partial charge in [0, 0.05) is 17.1 Å². The van der Waals surface area contributed by atoms with Crippen molar-refractivity contribution in [3.8, 4) is 5.75 Å². The van der Waals surface area contributed by atoms with Crippen LogP contribution in [-0.4, -0.2) is 18.3 Å². The zero-order valence-corrected chi connectivity index (χ0v) is 9.26. The Morgan fingerprint density at radius 1 is 1.60 bits per heavy atom. The number of aryl methyl sites for hydroxylation is 1. The summed E-state index contributed by atoms with van der Waals surface area (Å²) in [6.07, 6.45) is -1.08. The van der Waals surface area contributed by atoms with Crippen LogP contribution in [0.5, 0.6) is 5.75 Å². The van der Waals surface area contributed by atoms with E-state index in [1.807, 2.05) is 6.92 Å². The molecule has 1 rings (SSSR count). The number of rotatable bonds is 3. The summed E-state index contributed by atoms with van der Waals surface area (Å²) in [6, 6.07) is 3.48. The van der Waals surface area contributed by atoms with Crippen molar-refractivity contribution in [3.63, 3.8) is 0 Å². The molecule has 82 valence electrons. The van der Waals surface area contributed by atoms with Gasteiger partial charge in [0.2, 0.25) is 0 Å². The minimum Gasteiger partial charge on any atom is -0.496 e. The minimum absolute atomic E-state index is 0.179. The molecule has 1 amide bonds. The van der Waals surface area contributed by atoms with Gasteiger partial charge in [-0.15, -0.1) is 0 Å². The van der Waals surface area contributed by atoms with Crippen LogP contribution in [0.1, 0.15) is 11.1 Å². The SMILES string of the molecule is COc1cc(C)c(Cl)cc1CNC(=O)O. The van der Waals surface area contributed by atoms with Gasteiger partial charge in [-0.1, -0.05) is 11.6 Å². The van der Waals surface area contributed by atoms with Gasteiger partial charge in [0.15, 0.2) is 0 Å². The third kappa shape index (κ3) is 3.02. The number of hydrogen-bond acceptors (Lipinski definition) is 2. The molecule has 0 saturated heterocycles. The monoisotopic (exact) mass is 229 g/mol. The van der Waals surface area contributed by atoms with Crippen molar-refractivity contribution in [1.82, 2.24) is 5.32 Å². The lowest BCUT2D eigenvalue weighted by molar-refractivity contribution is 0.194. The van der Waals surface area contributed by atoms with Crippen LogP contribution in [0.2, 0.25) is 5.02 Å². The summed E-state index contributed by atoms with van der Waals surface area (Å²) in [5, 5.41) is 11.3. The van der Waals surface area contributed by atoms with Crippen LogP contribution in [0.3, 0.4) is 0 Å². The molecule has 1 aromatic rings. The van der Waals surface area contributed by atoms with E-state index < -0.39 is 6.09 Å². The molecule has 0 aliphatic carbocycles. The second kappa shape index (κ2) is 4.89. The topological polar surface area (TPSA) is 58.6 Å². The third-order valence-electron chi connectivity index (χ3n) is 1.99. The normalized spacial score (nSPS) is 9.80. The van der Waals surface area contributed by atoms with Crippen LogP contribution >= 0.6 is 11.6 Å². The molecule has 0 saturated carbocycles. The zero-order chi connectivity index (χ0) is 11.4. The molecule has 0 fully saturated rings. The van der Waals surface area contributed by atoms with Gasteiger partial charge >= 0.3 is 6.09 Å². The van der Waals surface area contributed by atoms with Gasteiger partial charge in [-0.25, -0.2) is 4.79 Å². The second-order valence-corrected chi connectivity index (χ2v) is 3.48. The van der Waals surface area contributed by atoms with Crippen molar-refractivity contribution >= 4 is 17.7 Å². The van der Waals surface area contributed by atoms with Crippen molar-refractivity contribution in [2.24, 2.45) is 0 Å². The van der Waals surface area contributed by atoms with E-state index in [0.717, 1.165) is 11.1 Å². The molecule has 0 radical (unpaired) electrons. The lowest BCUT2D eigenvalue weighted by Gasteiger charge is -2.10. The largest absolute Gasteiger partial charge is 0.496 e. The van der Waals surface area contributed by atoms with Crippen LogP contribution < -0.4 is 10.1 Å². The van der Waals surface area contributed by atoms with Gasteiger partial charge in [0.05, 0.1) is 7.11 Å². The molecule has 0 aliphatic rings. The van der Waals surface area contributed by atoms with E-state index in [4.69, 9.17) is 21.4 Å². The summed E-state index contributed by atoms with van der Waals surface area (Å²) in [6.45, 7) is 2.04. The van der Waals surface area contributed by atoms with Gasteiger partial charge in [0.25, 0.3) is 0 Å². The summed E-state index contributed by atoms with van der Waals surface area (Å²) in [4.78, 5) is 10.3. The van der Waals surface area contributed by atoms with Crippen LogP contribution in [0.15, 0.2) is 12.1 Å². The predicted molar refractivity (Wildman–Crippen MR) is 57.6 cm³/mol. The molecule has 4 nitrogen and oxygen atoms in total. The van der Waals surface area contributed by atoms with Crippen molar-refractivity contribution in [2.75, 3.05) is 7.11 Å². The van der Waals surface area contributed by atoms with E-state index in [-0.39, 0.29) is 6.54 Å². The van der Waals surface area contributed by atoms with Gasteiger partial charge in [-0.3, -0.25) is 0 Å². The van der Waals surface area contributed by atoms with E-state index in [1.54, 1.807) is 12.1 Å². The fraction of sp³-hybridized carbons (Fsp3) is 0.300. The average Bonchev–Trinajstić information content (AvgIpc) is 2.19. The lowest BCUT2D eigenvalue weighted by Crippen LogP contribution is -2.20. The summed E-state index contributed by atoms with van der Waals surface area (Å²) in [7, 11) is 1.53. The maximum Gasteiger partial charge on any atom is 0.404 e. The summed E-state index contributed by atoms with van der Waals surface area (Å²) < 4.78 is 5.12. The van der Waals surface area contributed by atoms with Crippen LogP contribution in [0, 0.1) is 6.92 Å². The van der Waals surface area contributed by atoms with Gasteiger partial charge in [-0.05, 0) is 24.6 Å². The molecule has 0 bridgehead atoms. The molecule has 0 heterocycles. The Morgan fingerprint density at radius 2 is 2.27 bits per heavy atom. The van der Waals surface area contributed by atoms with Crippen molar-refractivity contribution in [3.05, 3.63) is 28.3 Å². The van der Waals surface area contributed by atoms with E-state index in [1.165, 1.54) is 7.11 Å². The number of methoxy groups -OCH3 is 1. The summed E-state index contributed by atoms with van der Waals surface area (Å²) in [5.74, 6) is 0.630. The highest BCUT2D eigenvalue weighted by Gasteiger charge is 2.07. The Labute approximate surface area is 92.8 Å². The van der Waals surface area contributed by atoms with Gasteiger partial charge < -0.3 is 15.2 Å². The van der Waals surface area contributed by atoms with Crippen molar-refractivity contribution < 1.29 is 14.6 Å². The number of hydrogen-bond donors (Lipinski definition) is 2. The molecule has 0 unspecified atom stereocenters. The highest BCUT2D eigenvalue weighted by molar-refractivity contribution is 6.31. The van der Waals surface area contributed by atoms with E-state index in [2.05, 4.69) is 5.32 Å². The average molecular weight is 230 g/mol. The maximum atomic E-state index is 10.3. The Balaban J connectivity index is 2.94. The smallest absolute Gasteiger partial charge is 0.404 e. The van der Waals surface area contributed by atoms with E-state index in [9.17, 15) is 4.79 Å². The molecule has 0 spiro atoms. The van der Waals surface area contributed by atoms with Gasteiger partial charge in [-0.2, -0.15) is 0 Å². The quantitative estimate of drug-likeness (QED) is 0.837. The first-order chi connectivity index (χ1) is 7.04. The molecule has 2 N–H and O–H groups in total. The first-order valence-corrected chi connectivity index (χ1v) is 4.72. The number of carboxylic acid groups (broad SMARTS) is 1. The Hall–Kier alpha value is -1.42. The first-order valence-electron chi connectivity index (χ1n) is 4.34. The van der Waals surface area contributed by atoms with Crippen LogP contribution in [0.4, 0.5) is 4.79 Å². The Morgan fingerprint density at radius 3 is 2.80 bits per heavy atom. The standard InChI is InChI=1S/C10H12ClNO3/c1-6-3-9(15-2)7(4-8(6)11)5-12-10(13)14/h3-4,12H,5H2,1-2H3,(H,13,14). The Bertz CT molecular complexity index is 379. The molecule has 0 aliphatic heterocycles. The van der Waals surface area contributed by atoms with Gasteiger partial charge in [0.1, 0.15) is 5.75 Å². The molecule has 0 atom stereocenters. The molecular weight excluding hydrogens is 218 g/mol. The van der Waals surface area contributed by atoms with E-state index >= 15 is 0 Å². The fourth-order valence-corrected chi connectivity index (χ4v) is 1.38. The lowest BCUT2D eigenvalue weighted by atomic mass is 10.1. The molecule has 1 aromatic carbocycles. The molecular formula is C10H12ClNO3. The third-order valence-corrected chi connectivity index (χ3v) is 2.40. The number of nitrogens with one attached hydrogen (secondary N) is 1. The zero-order valence-electron chi connectivity index (χ0n) is 8.50. The maximum absolute atomic E-state index is 10.3. The molecule has 15 heavy (non-hydrogen) atoms. The minimum atomic E-state index is -1.08. The summed E-state index contributed by atoms with van der Waals surface area (Å²) in [5.41, 5.74) is 1.61. The number of ether oxygens (including phenoxy) is 1. The number of carbonyl (C=O) groups is 1. The van der Waals surface area contributed by atoms with Crippen LogP contribution in [-0.2, 0) is 6.54 Å². The van der Waals surface area contributed by atoms with Crippen molar-refractivity contribution in [1.29, 1.82) is 0 Å². The Kier molecular flexibility index (Phi) is 3.80. The number of halogens is 1. The fourth-order valence-electron chi connectivity index (χ4n) is 1.20. The van der Waals surface area contributed by atoms with Crippen molar-refractivity contribution in [2.45, 2.75) is 13.5 Å². The summed E-state index contributed by atoms with van der Waals surface area (Å²) >= 11 is 5.93. The van der Waals surface area contributed by atoms with E-state index in [0.29, 0.717) is 10.8 Å². The number of benzene rings is 1.